The van der Waals surface area contributed by atoms with Gasteiger partial charge in [-0.15, -0.1) is 0 Å². The molecule has 3 N–H and O–H groups in total. The molecule has 2 amide bonds. The lowest BCUT2D eigenvalue weighted by Gasteiger charge is -2.21. The van der Waals surface area contributed by atoms with Crippen molar-refractivity contribution in [2.45, 2.75) is 63.5 Å². The summed E-state index contributed by atoms with van der Waals surface area (Å²) in [5.41, 5.74) is 0. The highest BCUT2D eigenvalue weighted by atomic mass is 16.5. The van der Waals surface area contributed by atoms with E-state index in [-0.39, 0.29) is 6.03 Å². The van der Waals surface area contributed by atoms with E-state index in [9.17, 15) is 9.90 Å². The van der Waals surface area contributed by atoms with Gasteiger partial charge in [0.05, 0.1) is 12.7 Å². The van der Waals surface area contributed by atoms with Gasteiger partial charge in [0.2, 0.25) is 0 Å². The molecule has 1 unspecified atom stereocenters. The molecular weight excluding hydrogens is 244 g/mol. The first kappa shape index (κ1) is 16.2. The summed E-state index contributed by atoms with van der Waals surface area (Å²) in [7, 11) is 1.55. The maximum absolute atomic E-state index is 11.7. The third-order valence-corrected chi connectivity index (χ3v) is 3.56. The van der Waals surface area contributed by atoms with Gasteiger partial charge in [-0.1, -0.05) is 32.1 Å². The monoisotopic (exact) mass is 272 g/mol. The average molecular weight is 272 g/mol. The van der Waals surface area contributed by atoms with Crippen molar-refractivity contribution in [2.75, 3.05) is 20.3 Å². The fraction of sp³-hybridized carbons (Fsp3) is 0.929. The normalized spacial score (nSPS) is 19.3. The third kappa shape index (κ3) is 8.06. The van der Waals surface area contributed by atoms with E-state index in [1.165, 1.54) is 32.1 Å². The van der Waals surface area contributed by atoms with E-state index < -0.39 is 6.10 Å². The Bertz CT molecular complexity index is 241. The van der Waals surface area contributed by atoms with Crippen LogP contribution in [0.4, 0.5) is 4.79 Å². The van der Waals surface area contributed by atoms with Crippen LogP contribution < -0.4 is 10.6 Å². The van der Waals surface area contributed by atoms with Crippen LogP contribution in [0, 0.1) is 0 Å². The Morgan fingerprint density at radius 2 is 1.89 bits per heavy atom. The number of ether oxygens (including phenoxy) is 1. The molecule has 1 aliphatic rings. The molecule has 1 fully saturated rings. The van der Waals surface area contributed by atoms with Gasteiger partial charge in [0.15, 0.2) is 0 Å². The summed E-state index contributed by atoms with van der Waals surface area (Å²) >= 11 is 0. The molecule has 1 aliphatic carbocycles. The summed E-state index contributed by atoms with van der Waals surface area (Å²) in [4.78, 5) is 11.7. The second-order valence-corrected chi connectivity index (χ2v) is 5.34. The number of rotatable bonds is 6. The Balaban J connectivity index is 2.11. The first-order valence-electron chi connectivity index (χ1n) is 7.43. The molecule has 0 aromatic rings. The zero-order valence-corrected chi connectivity index (χ0v) is 12.0. The maximum atomic E-state index is 11.7. The SMILES string of the molecule is COCC(O)CCNC(=O)NC1CCCCCCC1. The van der Waals surface area contributed by atoms with E-state index in [4.69, 9.17) is 4.74 Å². The summed E-state index contributed by atoms with van der Waals surface area (Å²) in [5, 5.41) is 15.3. The molecule has 0 radical (unpaired) electrons. The highest BCUT2D eigenvalue weighted by molar-refractivity contribution is 5.74. The van der Waals surface area contributed by atoms with Crippen LogP contribution in [0.15, 0.2) is 0 Å². The lowest BCUT2D eigenvalue weighted by Crippen LogP contribution is -2.43. The molecule has 0 spiro atoms. The van der Waals surface area contributed by atoms with Crippen molar-refractivity contribution in [3.05, 3.63) is 0 Å². The standard InChI is InChI=1S/C14H28N2O3/c1-19-11-13(17)9-10-15-14(18)16-12-7-5-3-2-4-6-8-12/h12-13,17H,2-11H2,1H3,(H2,15,16,18). The Morgan fingerprint density at radius 3 is 2.53 bits per heavy atom. The van der Waals surface area contributed by atoms with E-state index >= 15 is 0 Å². The molecule has 0 bridgehead atoms. The fourth-order valence-corrected chi connectivity index (χ4v) is 2.46. The van der Waals surface area contributed by atoms with Crippen LogP contribution in [-0.2, 0) is 4.74 Å². The maximum Gasteiger partial charge on any atom is 0.315 e. The number of nitrogens with one attached hydrogen (secondary N) is 2. The Hall–Kier alpha value is -0.810. The molecule has 1 atom stereocenters. The van der Waals surface area contributed by atoms with Gasteiger partial charge in [-0.3, -0.25) is 0 Å². The Morgan fingerprint density at radius 1 is 1.26 bits per heavy atom. The third-order valence-electron chi connectivity index (χ3n) is 3.56. The second-order valence-electron chi connectivity index (χ2n) is 5.34. The molecule has 5 heteroatoms. The van der Waals surface area contributed by atoms with E-state index in [1.54, 1.807) is 7.11 Å². The zero-order chi connectivity index (χ0) is 13.9. The quantitative estimate of drug-likeness (QED) is 0.690. The van der Waals surface area contributed by atoms with Crippen molar-refractivity contribution in [3.8, 4) is 0 Å². The molecule has 0 aromatic carbocycles. The lowest BCUT2D eigenvalue weighted by molar-refractivity contribution is 0.0598. The van der Waals surface area contributed by atoms with Crippen LogP contribution in [0.1, 0.15) is 51.4 Å². The number of aliphatic hydroxyl groups excluding tert-OH is 1. The summed E-state index contributed by atoms with van der Waals surface area (Å²) in [6.45, 7) is 0.787. The van der Waals surface area contributed by atoms with Crippen LogP contribution in [0.2, 0.25) is 0 Å². The predicted molar refractivity (Wildman–Crippen MR) is 75.1 cm³/mol. The number of carbonyl (C=O) groups excluding carboxylic acids is 1. The highest BCUT2D eigenvalue weighted by Gasteiger charge is 2.13. The first-order chi connectivity index (χ1) is 9.22. The zero-order valence-electron chi connectivity index (χ0n) is 12.0. The van der Waals surface area contributed by atoms with Crippen molar-refractivity contribution in [1.29, 1.82) is 0 Å². The van der Waals surface area contributed by atoms with Crippen molar-refractivity contribution < 1.29 is 14.6 Å². The van der Waals surface area contributed by atoms with Crippen molar-refractivity contribution in [2.24, 2.45) is 0 Å². The Kier molecular flexibility index (Phi) is 8.58. The van der Waals surface area contributed by atoms with Gasteiger partial charge in [0, 0.05) is 19.7 Å². The van der Waals surface area contributed by atoms with Gasteiger partial charge in [0.25, 0.3) is 0 Å². The molecule has 0 saturated heterocycles. The number of methoxy groups -OCH3 is 1. The molecule has 1 rings (SSSR count). The van der Waals surface area contributed by atoms with Crippen LogP contribution >= 0.6 is 0 Å². The molecule has 112 valence electrons. The van der Waals surface area contributed by atoms with Crippen LogP contribution in [0.3, 0.4) is 0 Å². The van der Waals surface area contributed by atoms with E-state index in [0.717, 1.165) is 12.8 Å². The van der Waals surface area contributed by atoms with Crippen LogP contribution in [-0.4, -0.2) is 43.5 Å². The number of urea groups is 1. The van der Waals surface area contributed by atoms with E-state index in [1.807, 2.05) is 0 Å². The van der Waals surface area contributed by atoms with Crippen LogP contribution in [0.25, 0.3) is 0 Å². The smallest absolute Gasteiger partial charge is 0.315 e. The molecule has 5 nitrogen and oxygen atoms in total. The summed E-state index contributed by atoms with van der Waals surface area (Å²) in [6, 6.07) is 0.194. The molecule has 0 aliphatic heterocycles. The molecule has 1 saturated carbocycles. The van der Waals surface area contributed by atoms with E-state index in [0.29, 0.717) is 25.6 Å². The minimum atomic E-state index is -0.508. The lowest BCUT2D eigenvalue weighted by atomic mass is 9.97. The summed E-state index contributed by atoms with van der Waals surface area (Å²) in [5.74, 6) is 0. The first-order valence-corrected chi connectivity index (χ1v) is 7.43. The number of amides is 2. The van der Waals surface area contributed by atoms with Crippen LogP contribution in [0.5, 0.6) is 0 Å². The predicted octanol–water partition coefficient (Wildman–Crippen LogP) is 1.80. The van der Waals surface area contributed by atoms with Crippen molar-refractivity contribution >= 4 is 6.03 Å². The number of carbonyl (C=O) groups is 1. The van der Waals surface area contributed by atoms with Crippen molar-refractivity contribution in [3.63, 3.8) is 0 Å². The fourth-order valence-electron chi connectivity index (χ4n) is 2.46. The molecular formula is C14H28N2O3. The number of aliphatic hydroxyl groups is 1. The van der Waals surface area contributed by atoms with Gasteiger partial charge in [0.1, 0.15) is 0 Å². The minimum Gasteiger partial charge on any atom is -0.391 e. The summed E-state index contributed by atoms with van der Waals surface area (Å²) < 4.78 is 4.83. The van der Waals surface area contributed by atoms with Gasteiger partial charge in [-0.25, -0.2) is 4.79 Å². The second kappa shape index (κ2) is 10.0. The average Bonchev–Trinajstić information content (AvgIpc) is 2.33. The largest absolute Gasteiger partial charge is 0.391 e. The number of hydrogen-bond donors (Lipinski definition) is 3. The van der Waals surface area contributed by atoms with Crippen molar-refractivity contribution in [1.82, 2.24) is 10.6 Å². The molecule has 0 aromatic heterocycles. The van der Waals surface area contributed by atoms with Gasteiger partial charge in [-0.05, 0) is 19.3 Å². The van der Waals surface area contributed by atoms with Gasteiger partial charge >= 0.3 is 6.03 Å². The molecule has 19 heavy (non-hydrogen) atoms. The minimum absolute atomic E-state index is 0.116. The Labute approximate surface area is 116 Å². The molecule has 0 heterocycles. The van der Waals surface area contributed by atoms with Gasteiger partial charge in [-0.2, -0.15) is 0 Å². The number of hydrogen-bond acceptors (Lipinski definition) is 3. The van der Waals surface area contributed by atoms with E-state index in [2.05, 4.69) is 10.6 Å². The topological polar surface area (TPSA) is 70.6 Å². The summed E-state index contributed by atoms with van der Waals surface area (Å²) in [6.07, 6.45) is 8.48. The highest BCUT2D eigenvalue weighted by Crippen LogP contribution is 2.16. The van der Waals surface area contributed by atoms with Gasteiger partial charge < -0.3 is 20.5 Å².